The molecule has 0 aromatic heterocycles. The van der Waals surface area contributed by atoms with Gasteiger partial charge in [-0.3, -0.25) is 19.7 Å². The van der Waals surface area contributed by atoms with Gasteiger partial charge in [-0.1, -0.05) is 12.1 Å². The van der Waals surface area contributed by atoms with Crippen LogP contribution in [0.5, 0.6) is 0 Å². The topological polar surface area (TPSA) is 113 Å². The molecule has 20 heavy (non-hydrogen) atoms. The van der Waals surface area contributed by atoms with E-state index < -0.39 is 11.9 Å². The van der Waals surface area contributed by atoms with Crippen molar-refractivity contribution in [1.29, 1.82) is 0 Å². The van der Waals surface area contributed by atoms with Crippen molar-refractivity contribution in [1.82, 2.24) is 16.0 Å². The molecular weight excluding hydrogens is 260 g/mol. The number of piperazine rings is 1. The van der Waals surface area contributed by atoms with E-state index in [0.29, 0.717) is 12.1 Å². The van der Waals surface area contributed by atoms with Crippen molar-refractivity contribution in [2.45, 2.75) is 12.6 Å². The van der Waals surface area contributed by atoms with Crippen LogP contribution in [0.25, 0.3) is 0 Å². The average molecular weight is 276 g/mol. The zero-order valence-corrected chi connectivity index (χ0v) is 10.8. The quantitative estimate of drug-likeness (QED) is 0.535. The summed E-state index contributed by atoms with van der Waals surface area (Å²) in [5.74, 6) is -0.826. The molecule has 1 heterocycles. The van der Waals surface area contributed by atoms with Crippen LogP contribution in [-0.4, -0.2) is 36.9 Å². The molecule has 1 atom stereocenters. The second-order valence-corrected chi connectivity index (χ2v) is 4.52. The van der Waals surface area contributed by atoms with Crippen molar-refractivity contribution < 1.29 is 14.4 Å². The minimum Gasteiger partial charge on any atom is -0.366 e. The van der Waals surface area contributed by atoms with Gasteiger partial charge in [0.25, 0.3) is 0 Å². The molecule has 0 spiro atoms. The van der Waals surface area contributed by atoms with Gasteiger partial charge in [0, 0.05) is 18.7 Å². The average Bonchev–Trinajstić information content (AvgIpc) is 2.46. The lowest BCUT2D eigenvalue weighted by Gasteiger charge is -2.23. The fourth-order valence-corrected chi connectivity index (χ4v) is 1.90. The molecule has 7 nitrogen and oxygen atoms in total. The largest absolute Gasteiger partial charge is 0.366 e. The molecule has 0 bridgehead atoms. The monoisotopic (exact) mass is 276 g/mol. The molecule has 1 aliphatic heterocycles. The van der Waals surface area contributed by atoms with Crippen LogP contribution in [0.2, 0.25) is 0 Å². The van der Waals surface area contributed by atoms with E-state index in [1.54, 1.807) is 24.3 Å². The second kappa shape index (κ2) is 6.16. The van der Waals surface area contributed by atoms with Crippen molar-refractivity contribution >= 4 is 17.7 Å². The Balaban J connectivity index is 1.88. The smallest absolute Gasteiger partial charge is 0.248 e. The number of carbonyl (C=O) groups is 3. The van der Waals surface area contributed by atoms with Crippen LogP contribution in [0.3, 0.4) is 0 Å². The van der Waals surface area contributed by atoms with Gasteiger partial charge in [-0.2, -0.15) is 0 Å². The maximum Gasteiger partial charge on any atom is 0.248 e. The van der Waals surface area contributed by atoms with E-state index in [4.69, 9.17) is 5.73 Å². The van der Waals surface area contributed by atoms with E-state index in [2.05, 4.69) is 16.0 Å². The lowest BCUT2D eigenvalue weighted by Crippen LogP contribution is -2.57. The third-order valence-corrected chi connectivity index (χ3v) is 3.01. The Bertz CT molecular complexity index is 534. The van der Waals surface area contributed by atoms with Crippen LogP contribution in [0.15, 0.2) is 24.3 Å². The number of nitrogens with two attached hydrogens (primary N) is 1. The first-order valence-electron chi connectivity index (χ1n) is 6.23. The maximum atomic E-state index is 11.9. The molecule has 0 radical (unpaired) electrons. The molecule has 1 saturated heterocycles. The summed E-state index contributed by atoms with van der Waals surface area (Å²) >= 11 is 0. The van der Waals surface area contributed by atoms with Crippen molar-refractivity contribution in [3.05, 3.63) is 35.4 Å². The highest BCUT2D eigenvalue weighted by atomic mass is 16.2. The predicted molar refractivity (Wildman–Crippen MR) is 71.6 cm³/mol. The summed E-state index contributed by atoms with van der Waals surface area (Å²) in [5.41, 5.74) is 6.38. The van der Waals surface area contributed by atoms with Crippen LogP contribution in [0.1, 0.15) is 15.9 Å². The Morgan fingerprint density at radius 3 is 2.85 bits per heavy atom. The van der Waals surface area contributed by atoms with Crippen LogP contribution in [-0.2, 0) is 16.1 Å². The van der Waals surface area contributed by atoms with E-state index in [-0.39, 0.29) is 24.9 Å². The standard InChI is InChI=1S/C13H16N4O3/c14-12(19)9-3-1-2-8(4-9)5-17-13(20)10-6-16-11(18)7-15-10/h1-4,10,15H,5-7H2,(H2,14,19)(H,16,18)(H,17,20). The van der Waals surface area contributed by atoms with Gasteiger partial charge in [-0.15, -0.1) is 0 Å². The van der Waals surface area contributed by atoms with E-state index >= 15 is 0 Å². The highest BCUT2D eigenvalue weighted by Gasteiger charge is 2.23. The lowest BCUT2D eigenvalue weighted by molar-refractivity contribution is -0.126. The number of amides is 3. The summed E-state index contributed by atoms with van der Waals surface area (Å²) in [4.78, 5) is 33.9. The SMILES string of the molecule is NC(=O)c1cccc(CNC(=O)C2CNC(=O)CN2)c1. The first-order chi connectivity index (χ1) is 9.56. The van der Waals surface area contributed by atoms with Crippen LogP contribution >= 0.6 is 0 Å². The first-order valence-corrected chi connectivity index (χ1v) is 6.23. The molecule has 106 valence electrons. The molecule has 3 amide bonds. The first kappa shape index (κ1) is 14.0. The molecule has 5 N–H and O–H groups in total. The molecule has 7 heteroatoms. The van der Waals surface area contributed by atoms with Crippen LogP contribution in [0, 0.1) is 0 Å². The molecule has 1 unspecified atom stereocenters. The van der Waals surface area contributed by atoms with Crippen molar-refractivity contribution in [3.8, 4) is 0 Å². The normalized spacial score (nSPS) is 18.2. The van der Waals surface area contributed by atoms with Crippen LogP contribution in [0.4, 0.5) is 0 Å². The summed E-state index contributed by atoms with van der Waals surface area (Å²) in [6.07, 6.45) is 0. The third kappa shape index (κ3) is 3.55. The molecule has 2 rings (SSSR count). The predicted octanol–water partition coefficient (Wildman–Crippen LogP) is -1.51. The zero-order chi connectivity index (χ0) is 14.5. The molecule has 0 aliphatic carbocycles. The fraction of sp³-hybridized carbons (Fsp3) is 0.308. The molecule has 0 saturated carbocycles. The number of hydrogen-bond donors (Lipinski definition) is 4. The van der Waals surface area contributed by atoms with Crippen molar-refractivity contribution in [3.63, 3.8) is 0 Å². The lowest BCUT2D eigenvalue weighted by atomic mass is 10.1. The minimum atomic E-state index is -0.505. The van der Waals surface area contributed by atoms with E-state index in [1.165, 1.54) is 0 Å². The zero-order valence-electron chi connectivity index (χ0n) is 10.8. The Morgan fingerprint density at radius 1 is 1.40 bits per heavy atom. The van der Waals surface area contributed by atoms with Gasteiger partial charge in [0.2, 0.25) is 17.7 Å². The fourth-order valence-electron chi connectivity index (χ4n) is 1.90. The highest BCUT2D eigenvalue weighted by Crippen LogP contribution is 2.04. The highest BCUT2D eigenvalue weighted by molar-refractivity contribution is 5.93. The number of nitrogens with one attached hydrogen (secondary N) is 3. The number of carbonyl (C=O) groups excluding carboxylic acids is 3. The summed E-state index contributed by atoms with van der Waals surface area (Å²) < 4.78 is 0. The maximum absolute atomic E-state index is 11.9. The molecule has 1 aromatic rings. The van der Waals surface area contributed by atoms with E-state index in [0.717, 1.165) is 5.56 Å². The summed E-state index contributed by atoms with van der Waals surface area (Å²) in [7, 11) is 0. The second-order valence-electron chi connectivity index (χ2n) is 4.52. The van der Waals surface area contributed by atoms with E-state index in [1.807, 2.05) is 0 Å². The molecule has 1 aromatic carbocycles. The van der Waals surface area contributed by atoms with E-state index in [9.17, 15) is 14.4 Å². The van der Waals surface area contributed by atoms with Gasteiger partial charge in [-0.25, -0.2) is 0 Å². The molecule has 1 aliphatic rings. The van der Waals surface area contributed by atoms with Crippen LogP contribution < -0.4 is 21.7 Å². The van der Waals surface area contributed by atoms with Gasteiger partial charge in [0.05, 0.1) is 6.54 Å². The Morgan fingerprint density at radius 2 is 2.20 bits per heavy atom. The number of benzene rings is 1. The minimum absolute atomic E-state index is 0.122. The summed E-state index contributed by atoms with van der Waals surface area (Å²) in [6.45, 7) is 0.702. The van der Waals surface area contributed by atoms with Crippen molar-refractivity contribution in [2.75, 3.05) is 13.1 Å². The van der Waals surface area contributed by atoms with Gasteiger partial charge in [-0.05, 0) is 17.7 Å². The van der Waals surface area contributed by atoms with Gasteiger partial charge >= 0.3 is 0 Å². The summed E-state index contributed by atoms with van der Waals surface area (Å²) in [5, 5.41) is 8.19. The number of primary amides is 1. The Labute approximate surface area is 115 Å². The summed E-state index contributed by atoms with van der Waals surface area (Å²) in [6, 6.07) is 6.32. The number of rotatable bonds is 4. The van der Waals surface area contributed by atoms with Gasteiger partial charge in [0.15, 0.2) is 0 Å². The van der Waals surface area contributed by atoms with Gasteiger partial charge in [0.1, 0.15) is 6.04 Å². The Kier molecular flexibility index (Phi) is 4.31. The van der Waals surface area contributed by atoms with Gasteiger partial charge < -0.3 is 16.4 Å². The third-order valence-electron chi connectivity index (χ3n) is 3.01. The molecule has 1 fully saturated rings. The molecular formula is C13H16N4O3. The van der Waals surface area contributed by atoms with Crippen molar-refractivity contribution in [2.24, 2.45) is 5.73 Å². The number of hydrogen-bond acceptors (Lipinski definition) is 4. The Hall–Kier alpha value is -2.41.